The maximum atomic E-state index is 14.0. The zero-order valence-electron chi connectivity index (χ0n) is 30.1. The molecule has 3 aromatic carbocycles. The molecule has 17 nitrogen and oxygen atoms in total. The Morgan fingerprint density at radius 1 is 0.722 bits per heavy atom. The molecule has 0 aromatic heterocycles. The number of rotatable bonds is 12. The standard InChI is InChI=1S/C37H49N11O6/c1-41-37(40)43-17-5-9-27-33(52)46-28(8-4-16-42-36(38)39)34(53)48-29(20-23-10-13-24-6-2-3-7-25(24)18-23)32(51)44-21-31(50)45-30(35(54)47-27)19-22-11-14-26(49)15-12-22/h2-3,6-7,10-15,18,27-30,49H,4-5,8-9,16-17,19-21H2,1H3,(H,44,51)(H,45,50)(H,46,52)(H,47,54)(H,48,53)(H4,38,39,42)(H3,40,41,43)/t27-,28-,29-,30-/m0/s1. The highest BCUT2D eigenvalue weighted by atomic mass is 16.3. The smallest absolute Gasteiger partial charge is 0.243 e. The maximum Gasteiger partial charge on any atom is 0.243 e. The van der Waals surface area contributed by atoms with E-state index >= 15 is 0 Å². The summed E-state index contributed by atoms with van der Waals surface area (Å²) < 4.78 is 0. The maximum absolute atomic E-state index is 14.0. The van der Waals surface area contributed by atoms with Gasteiger partial charge in [-0.15, -0.1) is 0 Å². The van der Waals surface area contributed by atoms with Crippen LogP contribution in [0.2, 0.25) is 0 Å². The van der Waals surface area contributed by atoms with Gasteiger partial charge in [0.1, 0.15) is 29.9 Å². The number of phenolic OH excluding ortho intramolecular Hbond substituents is 1. The van der Waals surface area contributed by atoms with Gasteiger partial charge in [-0.25, -0.2) is 0 Å². The highest BCUT2D eigenvalue weighted by molar-refractivity contribution is 5.97. The van der Waals surface area contributed by atoms with Crippen LogP contribution in [-0.2, 0) is 36.8 Å². The summed E-state index contributed by atoms with van der Waals surface area (Å²) in [7, 11) is 1.52. The van der Waals surface area contributed by atoms with Gasteiger partial charge in [0.2, 0.25) is 29.5 Å². The van der Waals surface area contributed by atoms with E-state index in [0.29, 0.717) is 24.9 Å². The first-order valence-corrected chi connectivity index (χ1v) is 17.7. The second kappa shape index (κ2) is 20.0. The lowest BCUT2D eigenvalue weighted by molar-refractivity contribution is -0.134. The molecule has 0 saturated carbocycles. The van der Waals surface area contributed by atoms with Gasteiger partial charge in [0.05, 0.1) is 6.54 Å². The molecule has 5 amide bonds. The van der Waals surface area contributed by atoms with E-state index in [0.717, 1.165) is 16.3 Å². The lowest BCUT2D eigenvalue weighted by Gasteiger charge is -2.26. The third kappa shape index (κ3) is 12.7. The number of aromatic hydroxyl groups is 1. The molecule has 54 heavy (non-hydrogen) atoms. The Kier molecular flexibility index (Phi) is 15.0. The Balaban J connectivity index is 1.67. The number of nitrogens with one attached hydrogen (secondary N) is 6. The lowest BCUT2D eigenvalue weighted by atomic mass is 10.0. The van der Waals surface area contributed by atoms with Gasteiger partial charge in [-0.2, -0.15) is 0 Å². The SMILES string of the molecule is CN=C(N)NCCC[C@@H]1NC(=O)[C@H](Cc2ccc(O)cc2)NC(=O)CNC(=O)[C@H](Cc2ccc3ccccc3c2)NC(=O)[C@H](CCCN=C(N)N)NC1=O. The third-order valence-electron chi connectivity index (χ3n) is 8.77. The molecular formula is C37H49N11O6. The van der Waals surface area contributed by atoms with Crippen molar-refractivity contribution in [2.45, 2.75) is 62.7 Å². The van der Waals surface area contributed by atoms with Crippen LogP contribution in [0.5, 0.6) is 5.75 Å². The number of guanidine groups is 2. The Morgan fingerprint density at radius 2 is 1.30 bits per heavy atom. The molecule has 1 saturated heterocycles. The van der Waals surface area contributed by atoms with Gasteiger partial charge in [-0.05, 0) is 59.7 Å². The summed E-state index contributed by atoms with van der Waals surface area (Å²) in [4.78, 5) is 76.5. The quantitative estimate of drug-likeness (QED) is 0.0599. The molecule has 17 heteroatoms. The molecule has 4 atom stereocenters. The van der Waals surface area contributed by atoms with E-state index in [-0.39, 0.29) is 49.9 Å². The fourth-order valence-electron chi connectivity index (χ4n) is 5.88. The number of nitrogens with two attached hydrogens (primary N) is 3. The zero-order valence-corrected chi connectivity index (χ0v) is 30.1. The number of carbonyl (C=O) groups is 5. The molecule has 0 radical (unpaired) electrons. The summed E-state index contributed by atoms with van der Waals surface area (Å²) >= 11 is 0. The first-order valence-electron chi connectivity index (χ1n) is 17.7. The molecule has 1 heterocycles. The minimum Gasteiger partial charge on any atom is -0.508 e. The molecule has 288 valence electrons. The summed E-state index contributed by atoms with van der Waals surface area (Å²) in [6, 6.07) is 14.8. The van der Waals surface area contributed by atoms with Crippen LogP contribution in [0, 0.1) is 0 Å². The Bertz CT molecular complexity index is 1850. The fraction of sp³-hybridized carbons (Fsp3) is 0.378. The number of hydrogen-bond donors (Lipinski definition) is 10. The average molecular weight is 744 g/mol. The number of aliphatic imine (C=N–C) groups is 2. The van der Waals surface area contributed by atoms with Gasteiger partial charge in [-0.1, -0.05) is 54.6 Å². The first kappa shape index (κ1) is 40.4. The Labute approximate surface area is 313 Å². The molecule has 1 aliphatic rings. The second-order valence-corrected chi connectivity index (χ2v) is 12.9. The summed E-state index contributed by atoms with van der Waals surface area (Å²) in [5.74, 6) is -3.24. The first-order chi connectivity index (χ1) is 25.9. The fourth-order valence-corrected chi connectivity index (χ4v) is 5.88. The third-order valence-corrected chi connectivity index (χ3v) is 8.77. The number of amides is 5. The molecular weight excluding hydrogens is 694 g/mol. The van der Waals surface area contributed by atoms with Crippen molar-refractivity contribution in [3.05, 3.63) is 77.9 Å². The molecule has 0 bridgehead atoms. The van der Waals surface area contributed by atoms with E-state index < -0.39 is 60.2 Å². The van der Waals surface area contributed by atoms with Gasteiger partial charge in [-0.3, -0.25) is 34.0 Å². The minimum atomic E-state index is -1.18. The number of nitrogens with zero attached hydrogens (tertiary/aromatic N) is 2. The normalized spacial score (nSPS) is 20.3. The van der Waals surface area contributed by atoms with Gasteiger partial charge >= 0.3 is 0 Å². The largest absolute Gasteiger partial charge is 0.508 e. The molecule has 0 spiro atoms. The van der Waals surface area contributed by atoms with E-state index in [1.54, 1.807) is 12.1 Å². The summed E-state index contributed by atoms with van der Waals surface area (Å²) in [5.41, 5.74) is 18.1. The molecule has 0 aliphatic carbocycles. The molecule has 3 aromatic rings. The number of phenols is 1. The molecule has 1 aliphatic heterocycles. The Morgan fingerprint density at radius 3 is 1.96 bits per heavy atom. The summed E-state index contributed by atoms with van der Waals surface area (Å²) in [6.45, 7) is -0.0119. The number of fused-ring (bicyclic) bond motifs is 1. The van der Waals surface area contributed by atoms with Crippen LogP contribution in [0.25, 0.3) is 10.8 Å². The molecule has 4 rings (SSSR count). The number of benzene rings is 3. The number of hydrogen-bond acceptors (Lipinski definition) is 8. The van der Waals surface area contributed by atoms with Crippen molar-refractivity contribution in [2.24, 2.45) is 27.2 Å². The van der Waals surface area contributed by atoms with Crippen molar-refractivity contribution in [1.29, 1.82) is 0 Å². The molecule has 0 unspecified atom stereocenters. The van der Waals surface area contributed by atoms with Gasteiger partial charge in [0.15, 0.2) is 11.9 Å². The van der Waals surface area contributed by atoms with Crippen LogP contribution < -0.4 is 49.1 Å². The van der Waals surface area contributed by atoms with E-state index in [9.17, 15) is 29.1 Å². The van der Waals surface area contributed by atoms with Gasteiger partial charge in [0, 0.05) is 33.0 Å². The van der Waals surface area contributed by atoms with Crippen molar-refractivity contribution in [3.63, 3.8) is 0 Å². The zero-order chi connectivity index (χ0) is 39.0. The van der Waals surface area contributed by atoms with Gasteiger partial charge < -0.3 is 54.2 Å². The second-order valence-electron chi connectivity index (χ2n) is 12.9. The Hall–Kier alpha value is -6.39. The van der Waals surface area contributed by atoms with Crippen LogP contribution >= 0.6 is 0 Å². The predicted molar refractivity (Wildman–Crippen MR) is 205 cm³/mol. The highest BCUT2D eigenvalue weighted by Gasteiger charge is 2.32. The van der Waals surface area contributed by atoms with Crippen molar-refractivity contribution >= 4 is 52.2 Å². The van der Waals surface area contributed by atoms with E-state index in [2.05, 4.69) is 41.9 Å². The monoisotopic (exact) mass is 743 g/mol. The molecule has 13 N–H and O–H groups in total. The van der Waals surface area contributed by atoms with Crippen LogP contribution in [-0.4, -0.2) is 97.4 Å². The van der Waals surface area contributed by atoms with E-state index in [1.165, 1.54) is 19.2 Å². The van der Waals surface area contributed by atoms with Crippen LogP contribution in [0.15, 0.2) is 76.7 Å². The van der Waals surface area contributed by atoms with Crippen molar-refractivity contribution < 1.29 is 29.1 Å². The topological polar surface area (TPSA) is 281 Å². The van der Waals surface area contributed by atoms with E-state index in [1.807, 2.05) is 42.5 Å². The van der Waals surface area contributed by atoms with Gasteiger partial charge in [0.25, 0.3) is 0 Å². The molecule has 1 fully saturated rings. The minimum absolute atomic E-state index is 0.00321. The van der Waals surface area contributed by atoms with Crippen molar-refractivity contribution in [2.75, 3.05) is 26.7 Å². The van der Waals surface area contributed by atoms with Crippen molar-refractivity contribution in [3.8, 4) is 5.75 Å². The van der Waals surface area contributed by atoms with Crippen LogP contribution in [0.4, 0.5) is 0 Å². The average Bonchev–Trinajstić information content (AvgIpc) is 3.15. The van der Waals surface area contributed by atoms with Crippen LogP contribution in [0.3, 0.4) is 0 Å². The summed E-state index contributed by atoms with van der Waals surface area (Å²) in [6.07, 6.45) is 0.937. The van der Waals surface area contributed by atoms with E-state index in [4.69, 9.17) is 17.2 Å². The number of carbonyl (C=O) groups excluding carboxylic acids is 5. The van der Waals surface area contributed by atoms with Crippen molar-refractivity contribution in [1.82, 2.24) is 31.9 Å². The lowest BCUT2D eigenvalue weighted by Crippen LogP contribution is -2.58. The predicted octanol–water partition coefficient (Wildman–Crippen LogP) is -1.23. The summed E-state index contributed by atoms with van der Waals surface area (Å²) in [5, 5.41) is 28.2. The van der Waals surface area contributed by atoms with Crippen LogP contribution in [0.1, 0.15) is 36.8 Å². The highest BCUT2D eigenvalue weighted by Crippen LogP contribution is 2.17.